The Morgan fingerprint density at radius 2 is 2.11 bits per heavy atom. The summed E-state index contributed by atoms with van der Waals surface area (Å²) in [5, 5.41) is 2.59. The molecule has 6 nitrogen and oxygen atoms in total. The van der Waals surface area contributed by atoms with Crippen LogP contribution < -0.4 is 19.7 Å². The molecule has 0 radical (unpaired) electrons. The maximum Gasteiger partial charge on any atom is 0.265 e. The fourth-order valence-corrected chi connectivity index (χ4v) is 3.94. The van der Waals surface area contributed by atoms with Gasteiger partial charge in [-0.1, -0.05) is 48.2 Å². The first-order chi connectivity index (χ1) is 13.6. The predicted octanol–water partition coefficient (Wildman–Crippen LogP) is 2.98. The van der Waals surface area contributed by atoms with E-state index in [4.69, 9.17) is 21.7 Å². The van der Waals surface area contributed by atoms with Gasteiger partial charge in [0.15, 0.2) is 6.61 Å². The first kappa shape index (κ1) is 18.5. The molecule has 0 spiro atoms. The average molecular weight is 412 g/mol. The molecule has 1 N–H and O–H groups in total. The number of anilines is 1. The molecule has 0 bridgehead atoms. The molecule has 0 unspecified atom stereocenters. The van der Waals surface area contributed by atoms with E-state index in [9.17, 15) is 9.59 Å². The largest absolute Gasteiger partial charge is 0.490 e. The van der Waals surface area contributed by atoms with Crippen molar-refractivity contribution in [3.63, 3.8) is 0 Å². The molecule has 142 valence electrons. The van der Waals surface area contributed by atoms with Crippen molar-refractivity contribution < 1.29 is 19.1 Å². The summed E-state index contributed by atoms with van der Waals surface area (Å²) in [4.78, 5) is 26.8. The van der Waals surface area contributed by atoms with E-state index in [1.807, 2.05) is 30.3 Å². The SMILES string of the molecule is O=C1NC(=S)S/C1=C\c1ccc2c(c1)N(C(=O)COc1ccccc1)CCO2. The summed E-state index contributed by atoms with van der Waals surface area (Å²) < 4.78 is 11.7. The second-order valence-electron chi connectivity index (χ2n) is 6.07. The Kier molecular flexibility index (Phi) is 5.31. The van der Waals surface area contributed by atoms with Gasteiger partial charge in [0, 0.05) is 0 Å². The first-order valence-electron chi connectivity index (χ1n) is 8.60. The van der Waals surface area contributed by atoms with Crippen LogP contribution in [0.15, 0.2) is 53.4 Å². The van der Waals surface area contributed by atoms with Crippen molar-refractivity contribution in [3.8, 4) is 11.5 Å². The minimum Gasteiger partial charge on any atom is -0.490 e. The molecule has 0 atom stereocenters. The quantitative estimate of drug-likeness (QED) is 0.615. The van der Waals surface area contributed by atoms with Crippen LogP contribution >= 0.6 is 24.0 Å². The van der Waals surface area contributed by atoms with Gasteiger partial charge in [0.25, 0.3) is 11.8 Å². The number of para-hydroxylation sites is 1. The van der Waals surface area contributed by atoms with Crippen LogP contribution in [0.5, 0.6) is 11.5 Å². The van der Waals surface area contributed by atoms with E-state index >= 15 is 0 Å². The zero-order valence-electron chi connectivity index (χ0n) is 14.7. The van der Waals surface area contributed by atoms with Gasteiger partial charge in [0.1, 0.15) is 22.4 Å². The summed E-state index contributed by atoms with van der Waals surface area (Å²) in [6.45, 7) is 0.779. The van der Waals surface area contributed by atoms with Gasteiger partial charge in [-0.15, -0.1) is 0 Å². The van der Waals surface area contributed by atoms with E-state index in [1.54, 1.807) is 29.2 Å². The van der Waals surface area contributed by atoms with E-state index in [2.05, 4.69) is 5.32 Å². The number of nitrogens with one attached hydrogen (secondary N) is 1. The standard InChI is InChI=1S/C20H16N2O4S2/c23-18(12-26-14-4-2-1-3-5-14)22-8-9-25-16-7-6-13(10-15(16)22)11-17-19(24)21-20(27)28-17/h1-7,10-11H,8-9,12H2,(H,21,24,27)/b17-11-. The van der Waals surface area contributed by atoms with Crippen LogP contribution in [-0.4, -0.2) is 35.9 Å². The maximum absolute atomic E-state index is 12.7. The number of thioether (sulfide) groups is 1. The fraction of sp³-hybridized carbons (Fsp3) is 0.150. The third-order valence-electron chi connectivity index (χ3n) is 4.19. The number of hydrogen-bond acceptors (Lipinski definition) is 6. The topological polar surface area (TPSA) is 67.9 Å². The summed E-state index contributed by atoms with van der Waals surface area (Å²) in [6.07, 6.45) is 1.75. The summed E-state index contributed by atoms with van der Waals surface area (Å²) in [5.74, 6) is 0.893. The smallest absolute Gasteiger partial charge is 0.265 e. The number of hydrogen-bond donors (Lipinski definition) is 1. The summed E-state index contributed by atoms with van der Waals surface area (Å²) in [6, 6.07) is 14.7. The Morgan fingerprint density at radius 1 is 1.29 bits per heavy atom. The van der Waals surface area contributed by atoms with Crippen molar-refractivity contribution in [2.75, 3.05) is 24.7 Å². The molecule has 2 aliphatic heterocycles. The van der Waals surface area contributed by atoms with Gasteiger partial charge in [-0.3, -0.25) is 9.59 Å². The highest BCUT2D eigenvalue weighted by Gasteiger charge is 2.25. The Morgan fingerprint density at radius 3 is 2.86 bits per heavy atom. The Balaban J connectivity index is 1.54. The van der Waals surface area contributed by atoms with E-state index in [0.29, 0.717) is 39.6 Å². The van der Waals surface area contributed by atoms with Crippen molar-refractivity contribution in [3.05, 3.63) is 59.0 Å². The number of nitrogens with zero attached hydrogens (tertiary/aromatic N) is 1. The fourth-order valence-electron chi connectivity index (χ4n) is 2.90. The number of rotatable bonds is 4. The summed E-state index contributed by atoms with van der Waals surface area (Å²) in [7, 11) is 0. The van der Waals surface area contributed by atoms with Crippen molar-refractivity contribution >= 4 is 51.9 Å². The lowest BCUT2D eigenvalue weighted by Crippen LogP contribution is -2.40. The number of carbonyl (C=O) groups is 2. The second-order valence-corrected chi connectivity index (χ2v) is 7.79. The number of amides is 2. The van der Waals surface area contributed by atoms with Crippen molar-refractivity contribution in [2.24, 2.45) is 0 Å². The van der Waals surface area contributed by atoms with Crippen LogP contribution in [0.2, 0.25) is 0 Å². The molecule has 2 aromatic carbocycles. The number of carbonyl (C=O) groups excluding carboxylic acids is 2. The van der Waals surface area contributed by atoms with Gasteiger partial charge in [0.2, 0.25) is 0 Å². The van der Waals surface area contributed by atoms with Crippen molar-refractivity contribution in [1.29, 1.82) is 0 Å². The zero-order valence-corrected chi connectivity index (χ0v) is 16.3. The Hall–Kier alpha value is -2.84. The highest BCUT2D eigenvalue weighted by Crippen LogP contribution is 2.34. The predicted molar refractivity (Wildman–Crippen MR) is 113 cm³/mol. The van der Waals surface area contributed by atoms with Crippen molar-refractivity contribution in [2.45, 2.75) is 0 Å². The van der Waals surface area contributed by atoms with Crippen LogP contribution in [0.4, 0.5) is 5.69 Å². The molecule has 8 heteroatoms. The van der Waals surface area contributed by atoms with Gasteiger partial charge in [-0.05, 0) is 35.9 Å². The van der Waals surface area contributed by atoms with Crippen molar-refractivity contribution in [1.82, 2.24) is 5.32 Å². The van der Waals surface area contributed by atoms with Gasteiger partial charge >= 0.3 is 0 Å². The number of fused-ring (bicyclic) bond motifs is 1. The highest BCUT2D eigenvalue weighted by molar-refractivity contribution is 8.26. The molecule has 28 heavy (non-hydrogen) atoms. The summed E-state index contributed by atoms with van der Waals surface area (Å²) >= 11 is 6.23. The number of ether oxygens (including phenoxy) is 2. The van der Waals surface area contributed by atoms with Crippen LogP contribution in [-0.2, 0) is 9.59 Å². The summed E-state index contributed by atoms with van der Waals surface area (Å²) in [5.41, 5.74) is 1.45. The lowest BCUT2D eigenvalue weighted by atomic mass is 10.1. The van der Waals surface area contributed by atoms with E-state index < -0.39 is 0 Å². The second kappa shape index (κ2) is 8.04. The van der Waals surface area contributed by atoms with E-state index in [0.717, 1.165) is 5.56 Å². The molecule has 0 aliphatic carbocycles. The van der Waals surface area contributed by atoms with Crippen LogP contribution in [0.25, 0.3) is 6.08 Å². The van der Waals surface area contributed by atoms with Gasteiger partial charge in [0.05, 0.1) is 17.1 Å². The third-order valence-corrected chi connectivity index (χ3v) is 5.36. The zero-order chi connectivity index (χ0) is 19.5. The van der Waals surface area contributed by atoms with Crippen LogP contribution in [0, 0.1) is 0 Å². The lowest BCUT2D eigenvalue weighted by Gasteiger charge is -2.29. The van der Waals surface area contributed by atoms with Crippen LogP contribution in [0.1, 0.15) is 5.56 Å². The highest BCUT2D eigenvalue weighted by atomic mass is 32.2. The molecular weight excluding hydrogens is 396 g/mol. The monoisotopic (exact) mass is 412 g/mol. The minimum absolute atomic E-state index is 0.0682. The molecule has 1 fully saturated rings. The van der Waals surface area contributed by atoms with Gasteiger partial charge in [-0.25, -0.2) is 0 Å². The molecule has 0 saturated carbocycles. The lowest BCUT2D eigenvalue weighted by molar-refractivity contribution is -0.120. The normalized spacial score (nSPS) is 17.1. The molecule has 2 heterocycles. The first-order valence-corrected chi connectivity index (χ1v) is 9.82. The average Bonchev–Trinajstić information content (AvgIpc) is 3.03. The molecule has 1 saturated heterocycles. The van der Waals surface area contributed by atoms with Gasteiger partial charge in [-0.2, -0.15) is 0 Å². The molecule has 4 rings (SSSR count). The number of thiocarbonyl (C=S) groups is 1. The maximum atomic E-state index is 12.7. The van der Waals surface area contributed by atoms with E-state index in [1.165, 1.54) is 11.8 Å². The molecule has 0 aromatic heterocycles. The third kappa shape index (κ3) is 4.02. The minimum atomic E-state index is -0.215. The Labute approximate surface area is 171 Å². The van der Waals surface area contributed by atoms with Crippen LogP contribution in [0.3, 0.4) is 0 Å². The molecule has 2 aromatic rings. The Bertz CT molecular complexity index is 975. The number of benzene rings is 2. The van der Waals surface area contributed by atoms with E-state index in [-0.39, 0.29) is 18.4 Å². The molecule has 2 aliphatic rings. The van der Waals surface area contributed by atoms with Gasteiger partial charge < -0.3 is 19.7 Å². The molecule has 2 amide bonds. The molecular formula is C20H16N2O4S2.